The van der Waals surface area contributed by atoms with Gasteiger partial charge in [-0.2, -0.15) is 0 Å². The number of nitrogens with zero attached hydrogens (tertiary/aromatic N) is 4. The summed E-state index contributed by atoms with van der Waals surface area (Å²) < 4.78 is 5.29. The molecule has 3 heterocycles. The van der Waals surface area contributed by atoms with E-state index < -0.39 is 0 Å². The highest BCUT2D eigenvalue weighted by Gasteiger charge is 2.35. The summed E-state index contributed by atoms with van der Waals surface area (Å²) in [6.07, 6.45) is 0. The van der Waals surface area contributed by atoms with Gasteiger partial charge in [0, 0.05) is 64.3 Å². The van der Waals surface area contributed by atoms with Crippen molar-refractivity contribution >= 4 is 5.91 Å². The lowest BCUT2D eigenvalue weighted by atomic mass is 10.0. The van der Waals surface area contributed by atoms with Crippen LogP contribution in [-0.2, 0) is 11.3 Å². The highest BCUT2D eigenvalue weighted by atomic mass is 16.5. The molecule has 6 heteroatoms. The van der Waals surface area contributed by atoms with Crippen molar-refractivity contribution in [1.29, 1.82) is 0 Å². The molecular weight excluding hydrogens is 292 g/mol. The Balaban J connectivity index is 1.58. The minimum absolute atomic E-state index is 0.198. The zero-order valence-electron chi connectivity index (χ0n) is 14.7. The second-order valence-corrected chi connectivity index (χ2v) is 7.08. The lowest BCUT2D eigenvalue weighted by molar-refractivity contribution is -0.130. The maximum atomic E-state index is 11.5. The van der Waals surface area contributed by atoms with Crippen LogP contribution < -0.4 is 0 Å². The SMILES string of the molecule is CC(=O)N1CCN([C@H]2CN(Cc3c(C)noc3C)C[C@@H]2C)CC1. The van der Waals surface area contributed by atoms with E-state index in [0.29, 0.717) is 12.0 Å². The van der Waals surface area contributed by atoms with Crippen molar-refractivity contribution < 1.29 is 9.32 Å². The molecule has 2 atom stereocenters. The zero-order chi connectivity index (χ0) is 16.6. The van der Waals surface area contributed by atoms with Crippen LogP contribution in [0, 0.1) is 19.8 Å². The first-order chi connectivity index (χ1) is 11.0. The summed E-state index contributed by atoms with van der Waals surface area (Å²) in [6, 6.07) is 0.588. The van der Waals surface area contributed by atoms with Gasteiger partial charge in [-0.25, -0.2) is 0 Å². The van der Waals surface area contributed by atoms with Crippen LogP contribution in [0.15, 0.2) is 4.52 Å². The Morgan fingerprint density at radius 2 is 1.91 bits per heavy atom. The standard InChI is InChI=1S/C17H28N4O2/c1-12-9-19(10-16-13(2)18-23-14(16)3)11-17(12)21-7-5-20(6-8-21)15(4)22/h12,17H,5-11H2,1-4H3/t12-,17-/m0/s1. The van der Waals surface area contributed by atoms with E-state index in [9.17, 15) is 4.79 Å². The van der Waals surface area contributed by atoms with Crippen LogP contribution in [0.4, 0.5) is 0 Å². The third-order valence-corrected chi connectivity index (χ3v) is 5.44. The number of aromatic nitrogens is 1. The molecule has 0 N–H and O–H groups in total. The van der Waals surface area contributed by atoms with E-state index in [4.69, 9.17) is 4.52 Å². The average molecular weight is 320 g/mol. The number of amides is 1. The van der Waals surface area contributed by atoms with Crippen LogP contribution in [-0.4, -0.2) is 71.1 Å². The highest BCUT2D eigenvalue weighted by molar-refractivity contribution is 5.73. The molecule has 23 heavy (non-hydrogen) atoms. The van der Waals surface area contributed by atoms with Crippen LogP contribution in [0.5, 0.6) is 0 Å². The molecule has 2 aliphatic rings. The van der Waals surface area contributed by atoms with Gasteiger partial charge in [-0.3, -0.25) is 14.6 Å². The lowest BCUT2D eigenvalue weighted by Gasteiger charge is -2.39. The van der Waals surface area contributed by atoms with Crippen LogP contribution in [0.25, 0.3) is 0 Å². The number of piperazine rings is 1. The van der Waals surface area contributed by atoms with Crippen LogP contribution >= 0.6 is 0 Å². The molecule has 0 aromatic carbocycles. The van der Waals surface area contributed by atoms with Crippen molar-refractivity contribution in [3.05, 3.63) is 17.0 Å². The van der Waals surface area contributed by atoms with Gasteiger partial charge in [-0.15, -0.1) is 0 Å². The van der Waals surface area contributed by atoms with Gasteiger partial charge in [-0.05, 0) is 19.8 Å². The van der Waals surface area contributed by atoms with E-state index in [1.54, 1.807) is 6.92 Å². The molecule has 2 aliphatic heterocycles. The third-order valence-electron chi connectivity index (χ3n) is 5.44. The van der Waals surface area contributed by atoms with Gasteiger partial charge in [0.25, 0.3) is 0 Å². The summed E-state index contributed by atoms with van der Waals surface area (Å²) in [4.78, 5) is 18.5. The molecule has 6 nitrogen and oxygen atoms in total. The number of likely N-dealkylation sites (tertiary alicyclic amines) is 1. The molecule has 0 radical (unpaired) electrons. The molecule has 128 valence electrons. The predicted molar refractivity (Wildman–Crippen MR) is 88.0 cm³/mol. The molecule has 2 fully saturated rings. The number of rotatable bonds is 3. The van der Waals surface area contributed by atoms with Crippen molar-refractivity contribution in [2.45, 2.75) is 40.3 Å². The minimum atomic E-state index is 0.198. The van der Waals surface area contributed by atoms with E-state index in [-0.39, 0.29) is 5.91 Å². The average Bonchev–Trinajstić information content (AvgIpc) is 3.04. The van der Waals surface area contributed by atoms with Gasteiger partial charge in [0.15, 0.2) is 0 Å². The summed E-state index contributed by atoms with van der Waals surface area (Å²) in [7, 11) is 0. The topological polar surface area (TPSA) is 52.8 Å². The number of aryl methyl sites for hydroxylation is 2. The molecule has 1 amide bonds. The van der Waals surface area contributed by atoms with Crippen LogP contribution in [0.1, 0.15) is 30.9 Å². The Hall–Kier alpha value is -1.40. The normalized spacial score (nSPS) is 26.9. The fourth-order valence-electron chi connectivity index (χ4n) is 3.97. The van der Waals surface area contributed by atoms with Crippen molar-refractivity contribution in [3.63, 3.8) is 0 Å². The number of hydrogen-bond donors (Lipinski definition) is 0. The van der Waals surface area contributed by atoms with Crippen molar-refractivity contribution in [3.8, 4) is 0 Å². The van der Waals surface area contributed by atoms with Crippen molar-refractivity contribution in [1.82, 2.24) is 19.9 Å². The van der Waals surface area contributed by atoms with E-state index >= 15 is 0 Å². The second kappa shape index (κ2) is 6.61. The Bertz CT molecular complexity index is 543. The van der Waals surface area contributed by atoms with Gasteiger partial charge in [0.1, 0.15) is 5.76 Å². The first-order valence-corrected chi connectivity index (χ1v) is 8.59. The summed E-state index contributed by atoms with van der Waals surface area (Å²) >= 11 is 0. The fourth-order valence-corrected chi connectivity index (χ4v) is 3.97. The maximum absolute atomic E-state index is 11.5. The minimum Gasteiger partial charge on any atom is -0.361 e. The lowest BCUT2D eigenvalue weighted by Crippen LogP contribution is -2.53. The number of carbonyl (C=O) groups excluding carboxylic acids is 1. The van der Waals surface area contributed by atoms with Crippen LogP contribution in [0.2, 0.25) is 0 Å². The largest absolute Gasteiger partial charge is 0.361 e. The molecule has 1 aromatic heterocycles. The van der Waals surface area contributed by atoms with E-state index in [2.05, 4.69) is 21.9 Å². The molecule has 0 unspecified atom stereocenters. The van der Waals surface area contributed by atoms with Gasteiger partial charge in [0.2, 0.25) is 5.91 Å². The third kappa shape index (κ3) is 3.43. The van der Waals surface area contributed by atoms with E-state index in [0.717, 1.165) is 57.3 Å². The molecule has 0 saturated carbocycles. The fraction of sp³-hybridized carbons (Fsp3) is 0.765. The highest BCUT2D eigenvalue weighted by Crippen LogP contribution is 2.26. The molecule has 2 saturated heterocycles. The smallest absolute Gasteiger partial charge is 0.219 e. The monoisotopic (exact) mass is 320 g/mol. The van der Waals surface area contributed by atoms with E-state index in [1.807, 2.05) is 18.7 Å². The van der Waals surface area contributed by atoms with E-state index in [1.165, 1.54) is 5.56 Å². The first-order valence-electron chi connectivity index (χ1n) is 8.59. The summed E-state index contributed by atoms with van der Waals surface area (Å²) in [5.41, 5.74) is 2.24. The molecule has 1 aromatic rings. The second-order valence-electron chi connectivity index (χ2n) is 7.08. The predicted octanol–water partition coefficient (Wildman–Crippen LogP) is 1.28. The number of carbonyl (C=O) groups is 1. The number of hydrogen-bond acceptors (Lipinski definition) is 5. The Morgan fingerprint density at radius 1 is 1.22 bits per heavy atom. The molecule has 0 spiro atoms. The zero-order valence-corrected chi connectivity index (χ0v) is 14.7. The molecule has 0 bridgehead atoms. The summed E-state index contributed by atoms with van der Waals surface area (Å²) in [5.74, 6) is 1.79. The van der Waals surface area contributed by atoms with Crippen molar-refractivity contribution in [2.24, 2.45) is 5.92 Å². The molecule has 3 rings (SSSR count). The van der Waals surface area contributed by atoms with Crippen LogP contribution in [0.3, 0.4) is 0 Å². The first kappa shape index (κ1) is 16.5. The van der Waals surface area contributed by atoms with Gasteiger partial charge in [-0.1, -0.05) is 12.1 Å². The van der Waals surface area contributed by atoms with Gasteiger partial charge >= 0.3 is 0 Å². The Morgan fingerprint density at radius 3 is 2.48 bits per heavy atom. The Kier molecular flexibility index (Phi) is 4.73. The van der Waals surface area contributed by atoms with Gasteiger partial charge in [0.05, 0.1) is 5.69 Å². The maximum Gasteiger partial charge on any atom is 0.219 e. The van der Waals surface area contributed by atoms with Crippen molar-refractivity contribution in [2.75, 3.05) is 39.3 Å². The quantitative estimate of drug-likeness (QED) is 0.840. The molecule has 0 aliphatic carbocycles. The summed E-state index contributed by atoms with van der Waals surface area (Å²) in [5, 5.41) is 4.06. The van der Waals surface area contributed by atoms with Gasteiger partial charge < -0.3 is 9.42 Å². The molecular formula is C17H28N4O2. The summed E-state index contributed by atoms with van der Waals surface area (Å²) in [6.45, 7) is 14.9. The Labute approximate surface area is 138 Å².